The summed E-state index contributed by atoms with van der Waals surface area (Å²) in [6.45, 7) is 1.25. The molecule has 1 radical (unpaired) electrons. The van der Waals surface area contributed by atoms with Gasteiger partial charge in [-0.3, -0.25) is 0 Å². The summed E-state index contributed by atoms with van der Waals surface area (Å²) in [6, 6.07) is 5.86. The number of halogens is 1. The van der Waals surface area contributed by atoms with Crippen molar-refractivity contribution in [2.75, 3.05) is 0 Å². The van der Waals surface area contributed by atoms with E-state index in [-0.39, 0.29) is 11.4 Å². The first kappa shape index (κ1) is 10.2. The minimum Gasteiger partial charge on any atom is -0.441 e. The SMILES string of the molecule is O=[C]OC(c1nnn[nH]1)c1ccccc1F. The Morgan fingerprint density at radius 1 is 1.44 bits per heavy atom. The Morgan fingerprint density at radius 3 is 2.88 bits per heavy atom. The fraction of sp³-hybridized carbons (Fsp3) is 0.111. The molecule has 0 aliphatic heterocycles. The molecule has 0 saturated carbocycles. The maximum absolute atomic E-state index is 13.5. The molecule has 1 aromatic heterocycles. The molecule has 0 aliphatic rings. The van der Waals surface area contributed by atoms with Gasteiger partial charge in [0.1, 0.15) is 5.82 Å². The highest BCUT2D eigenvalue weighted by molar-refractivity contribution is 5.41. The van der Waals surface area contributed by atoms with Gasteiger partial charge in [0, 0.05) is 5.56 Å². The largest absolute Gasteiger partial charge is 0.441 e. The minimum atomic E-state index is -1.02. The van der Waals surface area contributed by atoms with E-state index in [1.165, 1.54) is 24.7 Å². The smallest absolute Gasteiger partial charge is 0.418 e. The highest BCUT2D eigenvalue weighted by Gasteiger charge is 2.22. The second kappa shape index (κ2) is 4.47. The van der Waals surface area contributed by atoms with Crippen LogP contribution in [-0.2, 0) is 9.53 Å². The third kappa shape index (κ3) is 1.88. The van der Waals surface area contributed by atoms with Crippen LogP contribution in [0.4, 0.5) is 4.39 Å². The van der Waals surface area contributed by atoms with Crippen LogP contribution in [0.5, 0.6) is 0 Å². The molecule has 1 N–H and O–H groups in total. The summed E-state index contributed by atoms with van der Waals surface area (Å²) in [4.78, 5) is 10.2. The highest BCUT2D eigenvalue weighted by atomic mass is 19.1. The van der Waals surface area contributed by atoms with Crippen molar-refractivity contribution < 1.29 is 13.9 Å². The summed E-state index contributed by atoms with van der Waals surface area (Å²) in [5.74, 6) is -0.382. The molecular formula is C9H6FN4O2. The fourth-order valence-corrected chi connectivity index (χ4v) is 1.28. The van der Waals surface area contributed by atoms with Crippen molar-refractivity contribution in [3.05, 3.63) is 41.5 Å². The maximum atomic E-state index is 13.5. The molecule has 7 heteroatoms. The average molecular weight is 221 g/mol. The van der Waals surface area contributed by atoms with Crippen molar-refractivity contribution >= 4 is 6.47 Å². The molecule has 2 aromatic rings. The molecule has 0 spiro atoms. The molecule has 0 bridgehead atoms. The first-order valence-electron chi connectivity index (χ1n) is 4.33. The molecular weight excluding hydrogens is 215 g/mol. The lowest BCUT2D eigenvalue weighted by Gasteiger charge is -2.11. The molecule has 1 unspecified atom stereocenters. The number of rotatable bonds is 4. The lowest BCUT2D eigenvalue weighted by Crippen LogP contribution is -2.09. The van der Waals surface area contributed by atoms with Crippen LogP contribution in [0.25, 0.3) is 0 Å². The van der Waals surface area contributed by atoms with Crippen molar-refractivity contribution in [3.8, 4) is 0 Å². The van der Waals surface area contributed by atoms with E-state index in [0.29, 0.717) is 0 Å². The lowest BCUT2D eigenvalue weighted by molar-refractivity contribution is 0.202. The van der Waals surface area contributed by atoms with Crippen LogP contribution in [0.1, 0.15) is 17.5 Å². The third-order valence-electron chi connectivity index (χ3n) is 1.96. The quantitative estimate of drug-likeness (QED) is 0.813. The van der Waals surface area contributed by atoms with E-state index in [0.717, 1.165) is 0 Å². The van der Waals surface area contributed by atoms with E-state index in [1.54, 1.807) is 6.07 Å². The lowest BCUT2D eigenvalue weighted by atomic mass is 10.1. The zero-order valence-corrected chi connectivity index (χ0v) is 7.92. The normalized spacial score (nSPS) is 12.1. The number of tetrazole rings is 1. The van der Waals surface area contributed by atoms with Gasteiger partial charge >= 0.3 is 6.47 Å². The predicted octanol–water partition coefficient (Wildman–Crippen LogP) is 0.512. The molecule has 1 heterocycles. The zero-order chi connectivity index (χ0) is 11.4. The van der Waals surface area contributed by atoms with Gasteiger partial charge in [-0.15, -0.1) is 5.10 Å². The summed E-state index contributed by atoms with van der Waals surface area (Å²) < 4.78 is 18.1. The van der Waals surface area contributed by atoms with E-state index < -0.39 is 11.9 Å². The van der Waals surface area contributed by atoms with Crippen molar-refractivity contribution in [2.24, 2.45) is 0 Å². The van der Waals surface area contributed by atoms with Gasteiger partial charge in [-0.05, 0) is 16.5 Å². The van der Waals surface area contributed by atoms with Gasteiger partial charge in [0.2, 0.25) is 0 Å². The number of aromatic nitrogens is 4. The maximum Gasteiger partial charge on any atom is 0.418 e. The second-order valence-electron chi connectivity index (χ2n) is 2.89. The Morgan fingerprint density at radius 2 is 2.25 bits per heavy atom. The Labute approximate surface area is 89.4 Å². The van der Waals surface area contributed by atoms with Crippen LogP contribution in [0.2, 0.25) is 0 Å². The molecule has 1 atom stereocenters. The van der Waals surface area contributed by atoms with Gasteiger partial charge in [0.15, 0.2) is 11.9 Å². The first-order chi connectivity index (χ1) is 7.83. The number of carbonyl (C=O) groups excluding carboxylic acids is 1. The summed E-state index contributed by atoms with van der Waals surface area (Å²) in [7, 11) is 0. The number of benzene rings is 1. The monoisotopic (exact) mass is 221 g/mol. The standard InChI is InChI=1S/C9H6FN4O2/c10-7-4-2-1-3-6(7)8(16-5-15)9-11-13-14-12-9/h1-4,8H,(H,11,12,13,14). The van der Waals surface area contributed by atoms with Crippen molar-refractivity contribution in [1.82, 2.24) is 20.6 Å². The molecule has 0 saturated heterocycles. The Balaban J connectivity index is 2.40. The topological polar surface area (TPSA) is 80.8 Å². The van der Waals surface area contributed by atoms with Gasteiger partial charge in [-0.2, -0.15) is 0 Å². The van der Waals surface area contributed by atoms with Crippen molar-refractivity contribution in [2.45, 2.75) is 6.10 Å². The van der Waals surface area contributed by atoms with E-state index in [9.17, 15) is 9.18 Å². The molecule has 6 nitrogen and oxygen atoms in total. The van der Waals surface area contributed by atoms with Gasteiger partial charge in [0.05, 0.1) is 0 Å². The Kier molecular flexibility index (Phi) is 2.86. The van der Waals surface area contributed by atoms with E-state index >= 15 is 0 Å². The van der Waals surface area contributed by atoms with E-state index in [1.807, 2.05) is 0 Å². The van der Waals surface area contributed by atoms with E-state index in [2.05, 4.69) is 25.4 Å². The second-order valence-corrected chi connectivity index (χ2v) is 2.89. The summed E-state index contributed by atoms with van der Waals surface area (Å²) in [5.41, 5.74) is 0.157. The molecule has 2 rings (SSSR count). The Bertz CT molecular complexity index is 474. The summed E-state index contributed by atoms with van der Waals surface area (Å²) >= 11 is 0. The number of hydrogen-bond acceptors (Lipinski definition) is 5. The number of ether oxygens (including phenoxy) is 1. The zero-order valence-electron chi connectivity index (χ0n) is 7.92. The highest BCUT2D eigenvalue weighted by Crippen LogP contribution is 2.23. The molecule has 0 amide bonds. The molecule has 1 aromatic carbocycles. The van der Waals surface area contributed by atoms with Gasteiger partial charge in [-0.25, -0.2) is 14.3 Å². The van der Waals surface area contributed by atoms with Crippen molar-refractivity contribution in [3.63, 3.8) is 0 Å². The predicted molar refractivity (Wildman–Crippen MR) is 49.2 cm³/mol. The van der Waals surface area contributed by atoms with Gasteiger partial charge in [-0.1, -0.05) is 18.2 Å². The molecule has 81 valence electrons. The van der Waals surface area contributed by atoms with Crippen molar-refractivity contribution in [1.29, 1.82) is 0 Å². The number of nitrogens with one attached hydrogen (secondary N) is 1. The van der Waals surface area contributed by atoms with Crippen LogP contribution in [0, 0.1) is 5.82 Å². The fourth-order valence-electron chi connectivity index (χ4n) is 1.28. The van der Waals surface area contributed by atoms with E-state index in [4.69, 9.17) is 0 Å². The van der Waals surface area contributed by atoms with Gasteiger partial charge < -0.3 is 4.74 Å². The Hall–Kier alpha value is -2.31. The minimum absolute atomic E-state index is 0.133. The third-order valence-corrected chi connectivity index (χ3v) is 1.96. The summed E-state index contributed by atoms with van der Waals surface area (Å²) in [6.07, 6.45) is -1.02. The molecule has 16 heavy (non-hydrogen) atoms. The van der Waals surface area contributed by atoms with Crippen LogP contribution in [0.15, 0.2) is 24.3 Å². The van der Waals surface area contributed by atoms with Crippen LogP contribution in [0.3, 0.4) is 0 Å². The number of aromatic amines is 1. The number of hydrogen-bond donors (Lipinski definition) is 1. The van der Waals surface area contributed by atoms with Crippen LogP contribution < -0.4 is 0 Å². The number of H-pyrrole nitrogens is 1. The molecule has 0 fully saturated rings. The first-order valence-corrected chi connectivity index (χ1v) is 4.33. The van der Waals surface area contributed by atoms with Crippen LogP contribution in [-0.4, -0.2) is 27.1 Å². The van der Waals surface area contributed by atoms with Crippen LogP contribution >= 0.6 is 0 Å². The molecule has 0 aliphatic carbocycles. The summed E-state index contributed by atoms with van der Waals surface area (Å²) in [5, 5.41) is 12.6. The van der Waals surface area contributed by atoms with Gasteiger partial charge in [0.25, 0.3) is 0 Å². The average Bonchev–Trinajstić information content (AvgIpc) is 2.80. The number of nitrogens with zero attached hydrogens (tertiary/aromatic N) is 3.